The van der Waals surface area contributed by atoms with Crippen LogP contribution in [0.25, 0.3) is 10.9 Å². The first kappa shape index (κ1) is 17.0. The second kappa shape index (κ2) is 6.98. The highest BCUT2D eigenvalue weighted by Crippen LogP contribution is 2.27. The van der Waals surface area contributed by atoms with Crippen molar-refractivity contribution < 1.29 is 14.3 Å². The van der Waals surface area contributed by atoms with E-state index in [-0.39, 0.29) is 0 Å². The number of nitrogens with zero attached hydrogens (tertiary/aromatic N) is 1. The van der Waals surface area contributed by atoms with Crippen molar-refractivity contribution in [2.45, 2.75) is 50.7 Å². The fourth-order valence-corrected chi connectivity index (χ4v) is 3.22. The molecule has 2 N–H and O–H groups in total. The van der Waals surface area contributed by atoms with Gasteiger partial charge in [0.1, 0.15) is 11.2 Å². The standard InChI is InChI=1S/C19H21N3O3/c1-13(17(23)22-19(12-20)9-5-2-6-10-19)25-18(24)16-11-14-7-3-4-8-15(14)21-16/h3-4,7-8,11,13,21H,2,5-6,9-10H2,1H3,(H,22,23)/t13-/m0/s1. The van der Waals surface area contributed by atoms with Crippen molar-refractivity contribution in [3.05, 3.63) is 36.0 Å². The normalized spacial score (nSPS) is 17.4. The molecule has 1 heterocycles. The summed E-state index contributed by atoms with van der Waals surface area (Å²) in [7, 11) is 0. The molecule has 0 aliphatic heterocycles. The van der Waals surface area contributed by atoms with Gasteiger partial charge < -0.3 is 15.0 Å². The maximum absolute atomic E-state index is 12.4. The number of hydrogen-bond acceptors (Lipinski definition) is 4. The number of aromatic amines is 1. The molecule has 2 aromatic rings. The average molecular weight is 339 g/mol. The van der Waals surface area contributed by atoms with Crippen LogP contribution >= 0.6 is 0 Å². The summed E-state index contributed by atoms with van der Waals surface area (Å²) in [6.45, 7) is 1.52. The summed E-state index contributed by atoms with van der Waals surface area (Å²) < 4.78 is 5.27. The molecule has 0 radical (unpaired) electrons. The number of aromatic nitrogens is 1. The van der Waals surface area contributed by atoms with Gasteiger partial charge in [0.25, 0.3) is 5.91 Å². The lowest BCUT2D eigenvalue weighted by molar-refractivity contribution is -0.130. The zero-order chi connectivity index (χ0) is 17.9. The van der Waals surface area contributed by atoms with Crippen LogP contribution in [0.15, 0.2) is 30.3 Å². The Kier molecular flexibility index (Phi) is 4.75. The molecule has 1 amide bonds. The molecule has 25 heavy (non-hydrogen) atoms. The van der Waals surface area contributed by atoms with Gasteiger partial charge in [-0.25, -0.2) is 4.79 Å². The number of ether oxygens (including phenoxy) is 1. The van der Waals surface area contributed by atoms with Crippen LogP contribution in [0.5, 0.6) is 0 Å². The molecular weight excluding hydrogens is 318 g/mol. The lowest BCUT2D eigenvalue weighted by atomic mass is 9.83. The number of para-hydroxylation sites is 1. The summed E-state index contributed by atoms with van der Waals surface area (Å²) >= 11 is 0. The van der Waals surface area contributed by atoms with Gasteiger partial charge in [0, 0.05) is 10.9 Å². The van der Waals surface area contributed by atoms with Gasteiger partial charge in [-0.05, 0) is 31.9 Å². The number of fused-ring (bicyclic) bond motifs is 1. The third-order valence-electron chi connectivity index (χ3n) is 4.69. The minimum Gasteiger partial charge on any atom is -0.448 e. The molecule has 0 spiro atoms. The minimum absolute atomic E-state index is 0.300. The van der Waals surface area contributed by atoms with Crippen LogP contribution in [0.3, 0.4) is 0 Å². The molecule has 6 nitrogen and oxygen atoms in total. The molecule has 3 rings (SSSR count). The first-order valence-corrected chi connectivity index (χ1v) is 8.55. The second-order valence-electron chi connectivity index (χ2n) is 6.56. The van der Waals surface area contributed by atoms with E-state index >= 15 is 0 Å². The molecule has 1 aromatic heterocycles. The number of carbonyl (C=O) groups excluding carboxylic acids is 2. The number of amides is 1. The van der Waals surface area contributed by atoms with E-state index in [0.717, 1.165) is 30.2 Å². The van der Waals surface area contributed by atoms with Gasteiger partial charge in [0.15, 0.2) is 6.10 Å². The van der Waals surface area contributed by atoms with Crippen LogP contribution < -0.4 is 5.32 Å². The van der Waals surface area contributed by atoms with Crippen molar-refractivity contribution in [3.63, 3.8) is 0 Å². The quantitative estimate of drug-likeness (QED) is 0.837. The maximum Gasteiger partial charge on any atom is 0.355 e. The van der Waals surface area contributed by atoms with Gasteiger partial charge >= 0.3 is 5.97 Å². The molecule has 0 bridgehead atoms. The zero-order valence-electron chi connectivity index (χ0n) is 14.2. The largest absolute Gasteiger partial charge is 0.448 e. The number of nitrogens with one attached hydrogen (secondary N) is 2. The van der Waals surface area contributed by atoms with Crippen LogP contribution in [0, 0.1) is 11.3 Å². The lowest BCUT2D eigenvalue weighted by Gasteiger charge is -2.32. The molecule has 0 saturated heterocycles. The van der Waals surface area contributed by atoms with Gasteiger partial charge in [0.05, 0.1) is 6.07 Å². The van der Waals surface area contributed by atoms with Gasteiger partial charge in [0.2, 0.25) is 0 Å². The van der Waals surface area contributed by atoms with Crippen LogP contribution in [0.1, 0.15) is 49.5 Å². The van der Waals surface area contributed by atoms with Gasteiger partial charge in [-0.3, -0.25) is 4.79 Å². The van der Waals surface area contributed by atoms with Crippen LogP contribution in [0.2, 0.25) is 0 Å². The van der Waals surface area contributed by atoms with Crippen LogP contribution in [0.4, 0.5) is 0 Å². The third-order valence-corrected chi connectivity index (χ3v) is 4.69. The Hall–Kier alpha value is -2.81. The molecule has 1 aliphatic carbocycles. The number of rotatable bonds is 4. The van der Waals surface area contributed by atoms with E-state index in [9.17, 15) is 14.9 Å². The van der Waals surface area contributed by atoms with Crippen molar-refractivity contribution >= 4 is 22.8 Å². The summed E-state index contributed by atoms with van der Waals surface area (Å²) in [4.78, 5) is 27.6. The number of hydrogen-bond donors (Lipinski definition) is 2. The molecular formula is C19H21N3O3. The fourth-order valence-electron chi connectivity index (χ4n) is 3.22. The number of benzene rings is 1. The van der Waals surface area contributed by atoms with Crippen LogP contribution in [-0.2, 0) is 9.53 Å². The average Bonchev–Trinajstić information content (AvgIpc) is 3.06. The summed E-state index contributed by atoms with van der Waals surface area (Å²) in [5.41, 5.74) is 0.294. The molecule has 1 atom stereocenters. The topological polar surface area (TPSA) is 95.0 Å². The molecule has 6 heteroatoms. The van der Waals surface area contributed by atoms with E-state index in [2.05, 4.69) is 16.4 Å². The van der Waals surface area contributed by atoms with E-state index in [4.69, 9.17) is 4.74 Å². The van der Waals surface area contributed by atoms with E-state index in [1.54, 1.807) is 6.07 Å². The van der Waals surface area contributed by atoms with E-state index in [1.165, 1.54) is 6.92 Å². The second-order valence-corrected chi connectivity index (χ2v) is 6.56. The summed E-state index contributed by atoms with van der Waals surface area (Å²) in [5, 5.41) is 13.1. The number of carbonyl (C=O) groups is 2. The lowest BCUT2D eigenvalue weighted by Crippen LogP contribution is -2.52. The molecule has 1 saturated carbocycles. The summed E-state index contributed by atoms with van der Waals surface area (Å²) in [6, 6.07) is 11.4. The Morgan fingerprint density at radius 3 is 2.68 bits per heavy atom. The monoisotopic (exact) mass is 339 g/mol. The van der Waals surface area contributed by atoms with Gasteiger partial charge in [-0.2, -0.15) is 5.26 Å². The van der Waals surface area contributed by atoms with Crippen molar-refractivity contribution in [2.24, 2.45) is 0 Å². The highest BCUT2D eigenvalue weighted by atomic mass is 16.5. The van der Waals surface area contributed by atoms with E-state index in [0.29, 0.717) is 18.5 Å². The number of esters is 1. The Balaban J connectivity index is 1.64. The highest BCUT2D eigenvalue weighted by molar-refractivity contribution is 5.96. The first-order valence-electron chi connectivity index (χ1n) is 8.55. The fraction of sp³-hybridized carbons (Fsp3) is 0.421. The summed E-state index contributed by atoms with van der Waals surface area (Å²) in [5.74, 6) is -1.03. The van der Waals surface area contributed by atoms with E-state index < -0.39 is 23.5 Å². The molecule has 0 unspecified atom stereocenters. The zero-order valence-corrected chi connectivity index (χ0v) is 14.2. The molecule has 1 aromatic carbocycles. The van der Waals surface area contributed by atoms with Crippen molar-refractivity contribution in [1.29, 1.82) is 5.26 Å². The van der Waals surface area contributed by atoms with Crippen molar-refractivity contribution in [2.75, 3.05) is 0 Å². The molecule has 1 aliphatic rings. The van der Waals surface area contributed by atoms with Crippen LogP contribution in [-0.4, -0.2) is 28.5 Å². The van der Waals surface area contributed by atoms with Crippen molar-refractivity contribution in [3.8, 4) is 6.07 Å². The Morgan fingerprint density at radius 1 is 1.28 bits per heavy atom. The number of nitriles is 1. The highest BCUT2D eigenvalue weighted by Gasteiger charge is 2.35. The predicted molar refractivity (Wildman–Crippen MR) is 92.7 cm³/mol. The third kappa shape index (κ3) is 3.66. The molecule has 1 fully saturated rings. The number of H-pyrrole nitrogens is 1. The SMILES string of the molecule is C[C@H](OC(=O)c1cc2ccccc2[nH]1)C(=O)NC1(C#N)CCCCC1. The molecule has 130 valence electrons. The Labute approximate surface area is 146 Å². The smallest absolute Gasteiger partial charge is 0.355 e. The van der Waals surface area contributed by atoms with Gasteiger partial charge in [-0.15, -0.1) is 0 Å². The minimum atomic E-state index is -0.967. The Bertz CT molecular complexity index is 795. The van der Waals surface area contributed by atoms with E-state index in [1.807, 2.05) is 24.3 Å². The summed E-state index contributed by atoms with van der Waals surface area (Å²) in [6.07, 6.45) is 3.21. The van der Waals surface area contributed by atoms with Crippen molar-refractivity contribution in [1.82, 2.24) is 10.3 Å². The first-order chi connectivity index (χ1) is 12.0. The predicted octanol–water partition coefficient (Wildman–Crippen LogP) is 3.06. The maximum atomic E-state index is 12.4. The Morgan fingerprint density at radius 2 is 2.00 bits per heavy atom. The van der Waals surface area contributed by atoms with Gasteiger partial charge in [-0.1, -0.05) is 37.5 Å².